The highest BCUT2D eigenvalue weighted by Crippen LogP contribution is 2.37. The standard InChI is InChI=1S/C25H27F3N4/c1-3-16(2)22-14-19(9-12-30-22)24-21(18-5-4-6-20(13-18)25(26,27)28)15-23(31-32-24)17-7-10-29-11-8-17/h4-6,9,12-17,29H,3,7-8,10-11H2,1-2H3/t16-/m0/s1. The van der Waals surface area contributed by atoms with Gasteiger partial charge in [0.2, 0.25) is 0 Å². The van der Waals surface area contributed by atoms with Gasteiger partial charge in [-0.2, -0.15) is 18.3 Å². The molecule has 0 amide bonds. The second-order valence-electron chi connectivity index (χ2n) is 8.41. The molecule has 0 unspecified atom stereocenters. The number of benzene rings is 1. The Hall–Kier alpha value is -2.80. The summed E-state index contributed by atoms with van der Waals surface area (Å²) in [6.45, 7) is 6.00. The predicted molar refractivity (Wildman–Crippen MR) is 119 cm³/mol. The zero-order valence-electron chi connectivity index (χ0n) is 18.3. The van der Waals surface area contributed by atoms with Crippen molar-refractivity contribution in [2.75, 3.05) is 13.1 Å². The van der Waals surface area contributed by atoms with Gasteiger partial charge in [-0.25, -0.2) is 0 Å². The molecule has 7 heteroatoms. The van der Waals surface area contributed by atoms with Crippen LogP contribution in [-0.4, -0.2) is 28.3 Å². The minimum atomic E-state index is -4.41. The summed E-state index contributed by atoms with van der Waals surface area (Å²) in [6, 6.07) is 11.2. The minimum Gasteiger partial charge on any atom is -0.317 e. The third kappa shape index (κ3) is 4.83. The van der Waals surface area contributed by atoms with Crippen LogP contribution in [0.5, 0.6) is 0 Å². The number of aromatic nitrogens is 3. The zero-order valence-corrected chi connectivity index (χ0v) is 18.3. The maximum Gasteiger partial charge on any atom is 0.416 e. The molecular formula is C25H27F3N4. The van der Waals surface area contributed by atoms with E-state index in [1.807, 2.05) is 18.2 Å². The number of piperidine rings is 1. The summed E-state index contributed by atoms with van der Waals surface area (Å²) in [5.74, 6) is 0.518. The van der Waals surface area contributed by atoms with Gasteiger partial charge in [-0.3, -0.25) is 4.98 Å². The highest BCUT2D eigenvalue weighted by atomic mass is 19.4. The highest BCUT2D eigenvalue weighted by molar-refractivity contribution is 5.81. The van der Waals surface area contributed by atoms with Crippen molar-refractivity contribution >= 4 is 0 Å². The third-order valence-electron chi connectivity index (χ3n) is 6.24. The van der Waals surface area contributed by atoms with Crippen molar-refractivity contribution in [1.82, 2.24) is 20.5 Å². The zero-order chi connectivity index (χ0) is 22.7. The van der Waals surface area contributed by atoms with Gasteiger partial charge in [0.25, 0.3) is 0 Å². The Morgan fingerprint density at radius 3 is 2.53 bits per heavy atom. The van der Waals surface area contributed by atoms with Gasteiger partial charge in [0, 0.05) is 28.9 Å². The van der Waals surface area contributed by atoms with Gasteiger partial charge in [0.15, 0.2) is 0 Å². The fraction of sp³-hybridized carbons (Fsp3) is 0.400. The topological polar surface area (TPSA) is 50.7 Å². The molecule has 2 aromatic heterocycles. The first kappa shape index (κ1) is 22.4. The van der Waals surface area contributed by atoms with Crippen LogP contribution in [0.4, 0.5) is 13.2 Å². The maximum atomic E-state index is 13.4. The fourth-order valence-corrected chi connectivity index (χ4v) is 4.09. The SMILES string of the molecule is CC[C@H](C)c1cc(-c2nnc(C3CCNCC3)cc2-c2cccc(C(F)(F)F)c2)ccn1. The quantitative estimate of drug-likeness (QED) is 0.513. The molecular weight excluding hydrogens is 413 g/mol. The van der Waals surface area contributed by atoms with Crippen LogP contribution in [0.1, 0.15) is 61.9 Å². The van der Waals surface area contributed by atoms with Crippen LogP contribution >= 0.6 is 0 Å². The molecule has 0 bridgehead atoms. The summed E-state index contributed by atoms with van der Waals surface area (Å²) in [4.78, 5) is 4.47. The van der Waals surface area contributed by atoms with Crippen LogP contribution in [0.3, 0.4) is 0 Å². The van der Waals surface area contributed by atoms with Crippen molar-refractivity contribution in [2.24, 2.45) is 0 Å². The molecule has 4 rings (SSSR count). The predicted octanol–water partition coefficient (Wildman–Crippen LogP) is 6.20. The molecule has 3 aromatic rings. The van der Waals surface area contributed by atoms with Crippen molar-refractivity contribution in [2.45, 2.75) is 51.1 Å². The summed E-state index contributed by atoms with van der Waals surface area (Å²) in [7, 11) is 0. The molecule has 0 spiro atoms. The van der Waals surface area contributed by atoms with E-state index in [0.717, 1.165) is 55.4 Å². The molecule has 168 valence electrons. The number of hydrogen-bond donors (Lipinski definition) is 1. The van der Waals surface area contributed by atoms with Gasteiger partial charge in [0.05, 0.1) is 11.3 Å². The Balaban J connectivity index is 1.85. The first-order valence-corrected chi connectivity index (χ1v) is 11.1. The molecule has 1 saturated heterocycles. The molecule has 1 atom stereocenters. The Morgan fingerprint density at radius 2 is 1.81 bits per heavy atom. The number of alkyl halides is 3. The van der Waals surface area contributed by atoms with E-state index in [4.69, 9.17) is 0 Å². The van der Waals surface area contributed by atoms with E-state index in [-0.39, 0.29) is 11.8 Å². The number of halogens is 3. The van der Waals surface area contributed by atoms with E-state index in [1.165, 1.54) is 12.1 Å². The van der Waals surface area contributed by atoms with Gasteiger partial charge in [-0.05, 0) is 74.2 Å². The summed E-state index contributed by atoms with van der Waals surface area (Å²) < 4.78 is 40.2. The summed E-state index contributed by atoms with van der Waals surface area (Å²) in [6.07, 6.45) is 0.133. The van der Waals surface area contributed by atoms with Gasteiger partial charge in [0.1, 0.15) is 5.69 Å². The van der Waals surface area contributed by atoms with E-state index in [0.29, 0.717) is 16.8 Å². The second-order valence-corrected chi connectivity index (χ2v) is 8.41. The second kappa shape index (κ2) is 9.36. The van der Waals surface area contributed by atoms with Crippen LogP contribution in [0, 0.1) is 0 Å². The molecule has 0 saturated carbocycles. The minimum absolute atomic E-state index is 0.246. The van der Waals surface area contributed by atoms with Crippen LogP contribution in [0.15, 0.2) is 48.7 Å². The first-order chi connectivity index (χ1) is 15.4. The number of hydrogen-bond acceptors (Lipinski definition) is 4. The van der Waals surface area contributed by atoms with Crippen molar-refractivity contribution in [3.8, 4) is 22.4 Å². The molecule has 0 aliphatic carbocycles. The Kier molecular flexibility index (Phi) is 6.55. The molecule has 1 aliphatic heterocycles. The molecule has 4 nitrogen and oxygen atoms in total. The number of rotatable bonds is 5. The monoisotopic (exact) mass is 440 g/mol. The lowest BCUT2D eigenvalue weighted by Crippen LogP contribution is -2.27. The largest absolute Gasteiger partial charge is 0.416 e. The average Bonchev–Trinajstić information content (AvgIpc) is 2.83. The van der Waals surface area contributed by atoms with E-state index >= 15 is 0 Å². The van der Waals surface area contributed by atoms with E-state index < -0.39 is 11.7 Å². The normalized spacial score (nSPS) is 16.2. The molecule has 32 heavy (non-hydrogen) atoms. The Morgan fingerprint density at radius 1 is 1.03 bits per heavy atom. The van der Waals surface area contributed by atoms with E-state index in [1.54, 1.807) is 12.3 Å². The van der Waals surface area contributed by atoms with Crippen LogP contribution < -0.4 is 5.32 Å². The smallest absolute Gasteiger partial charge is 0.317 e. The summed E-state index contributed by atoms with van der Waals surface area (Å²) in [5, 5.41) is 12.4. The van der Waals surface area contributed by atoms with Crippen molar-refractivity contribution in [3.63, 3.8) is 0 Å². The number of pyridine rings is 1. The summed E-state index contributed by atoms with van der Waals surface area (Å²) in [5.41, 5.74) is 3.64. The average molecular weight is 441 g/mol. The lowest BCUT2D eigenvalue weighted by atomic mass is 9.91. The Bertz CT molecular complexity index is 1070. The van der Waals surface area contributed by atoms with Crippen molar-refractivity contribution < 1.29 is 13.2 Å². The van der Waals surface area contributed by atoms with Gasteiger partial charge < -0.3 is 5.32 Å². The van der Waals surface area contributed by atoms with Crippen molar-refractivity contribution in [3.05, 3.63) is 65.6 Å². The Labute approximate surface area is 186 Å². The van der Waals surface area contributed by atoms with E-state index in [9.17, 15) is 13.2 Å². The molecule has 1 N–H and O–H groups in total. The molecule has 1 fully saturated rings. The number of nitrogens with zero attached hydrogens (tertiary/aromatic N) is 3. The lowest BCUT2D eigenvalue weighted by Gasteiger charge is -2.23. The molecule has 1 aliphatic rings. The van der Waals surface area contributed by atoms with Crippen LogP contribution in [0.2, 0.25) is 0 Å². The number of nitrogens with one attached hydrogen (secondary N) is 1. The third-order valence-corrected chi connectivity index (χ3v) is 6.24. The first-order valence-electron chi connectivity index (χ1n) is 11.1. The van der Waals surface area contributed by atoms with E-state index in [2.05, 4.69) is 34.3 Å². The van der Waals surface area contributed by atoms with Gasteiger partial charge >= 0.3 is 6.18 Å². The van der Waals surface area contributed by atoms with Gasteiger partial charge in [-0.15, -0.1) is 5.10 Å². The van der Waals surface area contributed by atoms with Crippen molar-refractivity contribution in [1.29, 1.82) is 0 Å². The molecule has 3 heterocycles. The van der Waals surface area contributed by atoms with Crippen LogP contribution in [-0.2, 0) is 6.18 Å². The molecule has 0 radical (unpaired) electrons. The lowest BCUT2D eigenvalue weighted by molar-refractivity contribution is -0.137. The van der Waals surface area contributed by atoms with Gasteiger partial charge in [-0.1, -0.05) is 26.0 Å². The fourth-order valence-electron chi connectivity index (χ4n) is 4.09. The summed E-state index contributed by atoms with van der Waals surface area (Å²) >= 11 is 0. The molecule has 1 aromatic carbocycles. The van der Waals surface area contributed by atoms with Crippen LogP contribution in [0.25, 0.3) is 22.4 Å². The maximum absolute atomic E-state index is 13.4. The highest BCUT2D eigenvalue weighted by Gasteiger charge is 2.31.